The molecule has 0 rings (SSSR count). The van der Waals surface area contributed by atoms with Gasteiger partial charge in [-0.25, -0.2) is 0 Å². The molecule has 0 heterocycles. The topological polar surface area (TPSA) is 20.2 Å². The lowest BCUT2D eigenvalue weighted by Crippen LogP contribution is -2.03. The average Bonchev–Trinajstić information content (AvgIpc) is 2.43. The van der Waals surface area contributed by atoms with E-state index >= 15 is 0 Å². The van der Waals surface area contributed by atoms with E-state index in [-0.39, 0.29) is 6.10 Å². The summed E-state index contributed by atoms with van der Waals surface area (Å²) >= 11 is 0. The minimum Gasteiger partial charge on any atom is -0.393 e. The second-order valence-electron chi connectivity index (χ2n) is 5.61. The molecule has 1 N–H and O–H groups in total. The van der Waals surface area contributed by atoms with Crippen LogP contribution in [0.3, 0.4) is 0 Å². The Morgan fingerprint density at radius 3 is 1.95 bits per heavy atom. The summed E-state index contributed by atoms with van der Waals surface area (Å²) in [4.78, 5) is 0. The van der Waals surface area contributed by atoms with E-state index in [9.17, 15) is 5.11 Å². The molecule has 0 aliphatic rings. The number of unbranched alkanes of at least 4 members (excludes halogenated alkanes) is 9. The molecule has 1 heteroatoms. The van der Waals surface area contributed by atoms with Gasteiger partial charge in [-0.1, -0.05) is 70.9 Å². The first-order chi connectivity index (χ1) is 9.31. The summed E-state index contributed by atoms with van der Waals surface area (Å²) < 4.78 is 0. The predicted molar refractivity (Wildman–Crippen MR) is 86.2 cm³/mol. The van der Waals surface area contributed by atoms with Gasteiger partial charge in [0.05, 0.1) is 6.10 Å². The highest BCUT2D eigenvalue weighted by molar-refractivity contribution is 4.81. The van der Waals surface area contributed by atoms with Gasteiger partial charge in [0, 0.05) is 0 Å². The van der Waals surface area contributed by atoms with Crippen molar-refractivity contribution < 1.29 is 5.11 Å². The Morgan fingerprint density at radius 2 is 1.37 bits per heavy atom. The second kappa shape index (κ2) is 15.8. The van der Waals surface area contributed by atoms with E-state index in [0.717, 1.165) is 12.8 Å². The minimum absolute atomic E-state index is 0.178. The fourth-order valence-electron chi connectivity index (χ4n) is 2.24. The van der Waals surface area contributed by atoms with Crippen molar-refractivity contribution >= 4 is 0 Å². The summed E-state index contributed by atoms with van der Waals surface area (Å²) in [6.07, 6.45) is 20.5. The summed E-state index contributed by atoms with van der Waals surface area (Å²) in [5.74, 6) is 0. The SMILES string of the molecule is [CH2]CC(O)CCCCC/C=C\CCCCCCCC. The summed E-state index contributed by atoms with van der Waals surface area (Å²) in [6.45, 7) is 5.97. The summed E-state index contributed by atoms with van der Waals surface area (Å²) in [7, 11) is 0. The molecule has 0 fully saturated rings. The van der Waals surface area contributed by atoms with Crippen molar-refractivity contribution in [2.75, 3.05) is 0 Å². The molecule has 113 valence electrons. The van der Waals surface area contributed by atoms with Crippen molar-refractivity contribution in [3.8, 4) is 0 Å². The maximum absolute atomic E-state index is 9.36. The number of aliphatic hydroxyl groups excluding tert-OH is 1. The van der Waals surface area contributed by atoms with Crippen molar-refractivity contribution in [1.29, 1.82) is 0 Å². The standard InChI is InChI=1S/C18H35O/c1-3-5-6-7-8-9-10-11-12-13-14-15-16-17-18(19)4-2/h11-12,18-19H,2-10,13-17H2,1H3/b12-11-. The van der Waals surface area contributed by atoms with Crippen LogP contribution in [0.5, 0.6) is 0 Å². The molecule has 1 atom stereocenters. The van der Waals surface area contributed by atoms with E-state index in [1.807, 2.05) is 0 Å². The van der Waals surface area contributed by atoms with Crippen molar-refractivity contribution in [1.82, 2.24) is 0 Å². The molecule has 0 aromatic carbocycles. The van der Waals surface area contributed by atoms with Gasteiger partial charge in [-0.2, -0.15) is 0 Å². The van der Waals surface area contributed by atoms with E-state index in [2.05, 4.69) is 26.0 Å². The number of hydrogen-bond acceptors (Lipinski definition) is 1. The summed E-state index contributed by atoms with van der Waals surface area (Å²) in [5.41, 5.74) is 0. The predicted octanol–water partition coefficient (Wildman–Crippen LogP) is 5.83. The monoisotopic (exact) mass is 267 g/mol. The molecule has 1 unspecified atom stereocenters. The lowest BCUT2D eigenvalue weighted by atomic mass is 10.1. The largest absolute Gasteiger partial charge is 0.393 e. The third-order valence-electron chi connectivity index (χ3n) is 3.63. The van der Waals surface area contributed by atoms with E-state index in [1.165, 1.54) is 64.2 Å². The first-order valence-electron chi connectivity index (χ1n) is 8.43. The molecule has 0 aromatic heterocycles. The van der Waals surface area contributed by atoms with E-state index in [0.29, 0.717) is 6.42 Å². The Morgan fingerprint density at radius 1 is 0.842 bits per heavy atom. The molecule has 1 radical (unpaired) electrons. The van der Waals surface area contributed by atoms with Crippen LogP contribution in [-0.2, 0) is 0 Å². The van der Waals surface area contributed by atoms with Crippen LogP contribution in [0.15, 0.2) is 12.2 Å². The molecule has 0 aromatic rings. The molecule has 0 aliphatic heterocycles. The van der Waals surface area contributed by atoms with Crippen molar-refractivity contribution in [2.45, 2.75) is 96.5 Å². The zero-order valence-corrected chi connectivity index (χ0v) is 13.1. The second-order valence-corrected chi connectivity index (χ2v) is 5.61. The zero-order valence-electron chi connectivity index (χ0n) is 13.1. The number of aliphatic hydroxyl groups is 1. The molecule has 0 amide bonds. The maximum Gasteiger partial charge on any atom is 0.0540 e. The molecule has 0 saturated carbocycles. The van der Waals surface area contributed by atoms with Crippen LogP contribution in [-0.4, -0.2) is 11.2 Å². The third-order valence-corrected chi connectivity index (χ3v) is 3.63. The van der Waals surface area contributed by atoms with Crippen molar-refractivity contribution in [3.05, 3.63) is 19.1 Å². The fourth-order valence-corrected chi connectivity index (χ4v) is 2.24. The van der Waals surface area contributed by atoms with Crippen LogP contribution in [0.1, 0.15) is 90.4 Å². The average molecular weight is 267 g/mol. The number of hydrogen-bond donors (Lipinski definition) is 1. The van der Waals surface area contributed by atoms with Crippen LogP contribution < -0.4 is 0 Å². The van der Waals surface area contributed by atoms with Crippen LogP contribution in [0, 0.1) is 6.92 Å². The molecule has 1 nitrogen and oxygen atoms in total. The van der Waals surface area contributed by atoms with Gasteiger partial charge in [0.25, 0.3) is 0 Å². The van der Waals surface area contributed by atoms with E-state index in [1.54, 1.807) is 0 Å². The van der Waals surface area contributed by atoms with E-state index in [4.69, 9.17) is 0 Å². The summed E-state index contributed by atoms with van der Waals surface area (Å²) in [6, 6.07) is 0. The first kappa shape index (κ1) is 18.7. The molecular formula is C18H35O. The normalized spacial score (nSPS) is 13.2. The molecular weight excluding hydrogens is 232 g/mol. The molecule has 19 heavy (non-hydrogen) atoms. The lowest BCUT2D eigenvalue weighted by molar-refractivity contribution is 0.163. The van der Waals surface area contributed by atoms with Crippen LogP contribution in [0.2, 0.25) is 0 Å². The fraction of sp³-hybridized carbons (Fsp3) is 0.833. The molecule has 0 aliphatic carbocycles. The lowest BCUT2D eigenvalue weighted by Gasteiger charge is -2.05. The van der Waals surface area contributed by atoms with E-state index < -0.39 is 0 Å². The highest BCUT2D eigenvalue weighted by Crippen LogP contribution is 2.09. The van der Waals surface area contributed by atoms with Gasteiger partial charge in [-0.3, -0.25) is 0 Å². The van der Waals surface area contributed by atoms with Gasteiger partial charge in [0.1, 0.15) is 0 Å². The van der Waals surface area contributed by atoms with Gasteiger partial charge in [-0.15, -0.1) is 0 Å². The first-order valence-corrected chi connectivity index (χ1v) is 8.43. The maximum atomic E-state index is 9.36. The quantitative estimate of drug-likeness (QED) is 0.310. The summed E-state index contributed by atoms with van der Waals surface area (Å²) in [5, 5.41) is 9.36. The molecule has 0 bridgehead atoms. The van der Waals surface area contributed by atoms with Gasteiger partial charge in [0.15, 0.2) is 0 Å². The molecule has 0 saturated heterocycles. The Hall–Kier alpha value is -0.300. The van der Waals surface area contributed by atoms with Gasteiger partial charge in [0.2, 0.25) is 0 Å². The minimum atomic E-state index is -0.178. The Balaban J connectivity index is 3.09. The van der Waals surface area contributed by atoms with Crippen molar-refractivity contribution in [2.24, 2.45) is 0 Å². The van der Waals surface area contributed by atoms with Crippen LogP contribution >= 0.6 is 0 Å². The highest BCUT2D eigenvalue weighted by atomic mass is 16.3. The number of allylic oxidation sites excluding steroid dienone is 2. The van der Waals surface area contributed by atoms with Crippen molar-refractivity contribution in [3.63, 3.8) is 0 Å². The Labute approximate surface area is 121 Å². The Bertz CT molecular complexity index is 186. The smallest absolute Gasteiger partial charge is 0.0540 e. The van der Waals surface area contributed by atoms with Crippen LogP contribution in [0.25, 0.3) is 0 Å². The third kappa shape index (κ3) is 15.6. The zero-order chi connectivity index (χ0) is 14.2. The molecule has 0 spiro atoms. The van der Waals surface area contributed by atoms with Gasteiger partial charge < -0.3 is 5.11 Å². The van der Waals surface area contributed by atoms with Gasteiger partial charge >= 0.3 is 0 Å². The van der Waals surface area contributed by atoms with Crippen LogP contribution in [0.4, 0.5) is 0 Å². The number of rotatable bonds is 14. The Kier molecular flexibility index (Phi) is 15.5. The van der Waals surface area contributed by atoms with Gasteiger partial charge in [-0.05, 0) is 38.5 Å². The highest BCUT2D eigenvalue weighted by Gasteiger charge is 1.98.